The van der Waals surface area contributed by atoms with Gasteiger partial charge in [-0.15, -0.1) is 0 Å². The number of hydrogen-bond acceptors (Lipinski definition) is 6. The molecule has 4 rings (SSSR count). The summed E-state index contributed by atoms with van der Waals surface area (Å²) in [4.78, 5) is 41.6. The Kier molecular flexibility index (Phi) is 10.1. The van der Waals surface area contributed by atoms with Crippen LogP contribution in [0.25, 0.3) is 0 Å². The molecule has 0 saturated heterocycles. The van der Waals surface area contributed by atoms with Crippen LogP contribution in [0.1, 0.15) is 46.4 Å². The SMILES string of the molecule is CCOCCCNC(=O)C(c1ccc(C)cc1)N(Cc1ccc2c(c1)OCO2)C(=O)CNC(=O)c1ccccc1. The van der Waals surface area contributed by atoms with Crippen LogP contribution in [0.15, 0.2) is 72.8 Å². The predicted molar refractivity (Wildman–Crippen MR) is 150 cm³/mol. The first-order valence-electron chi connectivity index (χ1n) is 13.4. The van der Waals surface area contributed by atoms with Crippen LogP contribution in [-0.2, 0) is 20.9 Å². The molecule has 3 aromatic carbocycles. The number of ether oxygens (including phenoxy) is 3. The number of carbonyl (C=O) groups excluding carboxylic acids is 3. The summed E-state index contributed by atoms with van der Waals surface area (Å²) in [7, 11) is 0. The minimum absolute atomic E-state index is 0.113. The second kappa shape index (κ2) is 14.1. The van der Waals surface area contributed by atoms with Gasteiger partial charge in [-0.05, 0) is 55.7 Å². The summed E-state index contributed by atoms with van der Waals surface area (Å²) >= 11 is 0. The van der Waals surface area contributed by atoms with E-state index in [1.165, 1.54) is 4.90 Å². The van der Waals surface area contributed by atoms with Gasteiger partial charge in [-0.1, -0.05) is 54.1 Å². The maximum absolute atomic E-state index is 13.8. The van der Waals surface area contributed by atoms with E-state index in [1.807, 2.05) is 50.2 Å². The lowest BCUT2D eigenvalue weighted by molar-refractivity contribution is -0.140. The van der Waals surface area contributed by atoms with Crippen molar-refractivity contribution in [2.24, 2.45) is 0 Å². The second-order valence-electron chi connectivity index (χ2n) is 9.41. The van der Waals surface area contributed by atoms with Crippen LogP contribution >= 0.6 is 0 Å². The van der Waals surface area contributed by atoms with Crippen molar-refractivity contribution < 1.29 is 28.6 Å². The Morgan fingerprint density at radius 1 is 0.950 bits per heavy atom. The van der Waals surface area contributed by atoms with E-state index in [0.717, 1.165) is 11.1 Å². The van der Waals surface area contributed by atoms with Gasteiger partial charge in [-0.2, -0.15) is 0 Å². The highest BCUT2D eigenvalue weighted by atomic mass is 16.7. The average molecular weight is 546 g/mol. The fraction of sp³-hybridized carbons (Fsp3) is 0.323. The first-order valence-corrected chi connectivity index (χ1v) is 13.4. The Morgan fingerprint density at radius 2 is 1.70 bits per heavy atom. The molecule has 0 radical (unpaired) electrons. The second-order valence-corrected chi connectivity index (χ2v) is 9.41. The van der Waals surface area contributed by atoms with Crippen molar-refractivity contribution in [3.8, 4) is 11.5 Å². The molecular formula is C31H35N3O6. The van der Waals surface area contributed by atoms with Gasteiger partial charge in [0, 0.05) is 31.9 Å². The predicted octanol–water partition coefficient (Wildman–Crippen LogP) is 3.77. The molecule has 9 heteroatoms. The molecule has 0 fully saturated rings. The third-order valence-corrected chi connectivity index (χ3v) is 6.47. The minimum Gasteiger partial charge on any atom is -0.454 e. The van der Waals surface area contributed by atoms with Gasteiger partial charge >= 0.3 is 0 Å². The highest BCUT2D eigenvalue weighted by molar-refractivity contribution is 5.97. The van der Waals surface area contributed by atoms with Gasteiger partial charge in [0.15, 0.2) is 11.5 Å². The van der Waals surface area contributed by atoms with Gasteiger partial charge in [0.25, 0.3) is 5.91 Å². The Labute approximate surface area is 234 Å². The van der Waals surface area contributed by atoms with E-state index < -0.39 is 11.9 Å². The highest BCUT2D eigenvalue weighted by Gasteiger charge is 2.32. The van der Waals surface area contributed by atoms with Crippen molar-refractivity contribution in [3.63, 3.8) is 0 Å². The summed E-state index contributed by atoms with van der Waals surface area (Å²) < 4.78 is 16.3. The number of nitrogens with zero attached hydrogens (tertiary/aromatic N) is 1. The monoisotopic (exact) mass is 545 g/mol. The first-order chi connectivity index (χ1) is 19.5. The van der Waals surface area contributed by atoms with E-state index in [9.17, 15) is 14.4 Å². The summed E-state index contributed by atoms with van der Waals surface area (Å²) in [5.74, 6) is 0.110. The molecule has 0 spiro atoms. The number of rotatable bonds is 13. The summed E-state index contributed by atoms with van der Waals surface area (Å²) in [6.45, 7) is 5.37. The quantitative estimate of drug-likeness (QED) is 0.317. The number of nitrogens with one attached hydrogen (secondary N) is 2. The summed E-state index contributed by atoms with van der Waals surface area (Å²) in [6.07, 6.45) is 0.642. The van der Waals surface area contributed by atoms with Gasteiger partial charge in [-0.25, -0.2) is 0 Å². The molecular weight excluding hydrogens is 510 g/mol. The third kappa shape index (κ3) is 7.60. The summed E-state index contributed by atoms with van der Waals surface area (Å²) in [5.41, 5.74) is 2.90. The van der Waals surface area contributed by atoms with E-state index in [2.05, 4.69) is 10.6 Å². The maximum atomic E-state index is 13.8. The molecule has 210 valence electrons. The molecule has 2 N–H and O–H groups in total. The lowest BCUT2D eigenvalue weighted by atomic mass is 10.0. The average Bonchev–Trinajstić information content (AvgIpc) is 3.45. The number of aryl methyl sites for hydroxylation is 1. The minimum atomic E-state index is -0.931. The number of fused-ring (bicyclic) bond motifs is 1. The van der Waals surface area contributed by atoms with Crippen LogP contribution < -0.4 is 20.1 Å². The zero-order valence-electron chi connectivity index (χ0n) is 22.9. The molecule has 1 aliphatic rings. The van der Waals surface area contributed by atoms with Crippen molar-refractivity contribution in [2.75, 3.05) is 33.1 Å². The number of carbonyl (C=O) groups is 3. The molecule has 9 nitrogen and oxygen atoms in total. The van der Waals surface area contributed by atoms with Gasteiger partial charge in [0.2, 0.25) is 18.6 Å². The molecule has 0 saturated carbocycles. The van der Waals surface area contributed by atoms with Gasteiger partial charge in [0.05, 0.1) is 6.54 Å². The van der Waals surface area contributed by atoms with Crippen molar-refractivity contribution in [3.05, 3.63) is 95.1 Å². The lowest BCUT2D eigenvalue weighted by Crippen LogP contribution is -2.47. The van der Waals surface area contributed by atoms with Crippen molar-refractivity contribution >= 4 is 17.7 Å². The Bertz CT molecular complexity index is 1300. The summed E-state index contributed by atoms with van der Waals surface area (Å²) in [6, 6.07) is 20.7. The smallest absolute Gasteiger partial charge is 0.251 e. The molecule has 1 heterocycles. The molecule has 0 aliphatic carbocycles. The normalized spacial score (nSPS) is 12.4. The molecule has 0 bridgehead atoms. The third-order valence-electron chi connectivity index (χ3n) is 6.47. The number of benzene rings is 3. The Hall–Kier alpha value is -4.37. The van der Waals surface area contributed by atoms with Crippen molar-refractivity contribution in [2.45, 2.75) is 32.9 Å². The highest BCUT2D eigenvalue weighted by Crippen LogP contribution is 2.34. The van der Waals surface area contributed by atoms with Crippen LogP contribution in [0.2, 0.25) is 0 Å². The Balaban J connectivity index is 1.61. The molecule has 3 amide bonds. The standard InChI is InChI=1S/C31H35N3O6/c1-3-38-17-7-16-32-31(37)29(24-13-10-22(2)11-14-24)34(20-23-12-15-26-27(18-23)40-21-39-26)28(35)19-33-30(36)25-8-5-4-6-9-25/h4-6,8-15,18,29H,3,7,16-17,19-21H2,1-2H3,(H,32,37)(H,33,36). The van der Waals surface area contributed by atoms with Gasteiger partial charge < -0.3 is 29.7 Å². The largest absolute Gasteiger partial charge is 0.454 e. The van der Waals surface area contributed by atoms with Gasteiger partial charge in [-0.3, -0.25) is 14.4 Å². The zero-order valence-corrected chi connectivity index (χ0v) is 22.9. The van der Waals surface area contributed by atoms with Crippen LogP contribution in [0.4, 0.5) is 0 Å². The topological polar surface area (TPSA) is 106 Å². The van der Waals surface area contributed by atoms with Crippen molar-refractivity contribution in [1.29, 1.82) is 0 Å². The molecule has 1 unspecified atom stereocenters. The molecule has 1 atom stereocenters. The van der Waals surface area contributed by atoms with E-state index in [-0.39, 0.29) is 31.7 Å². The number of hydrogen-bond donors (Lipinski definition) is 2. The van der Waals surface area contributed by atoms with Crippen LogP contribution in [0.3, 0.4) is 0 Å². The lowest BCUT2D eigenvalue weighted by Gasteiger charge is -2.32. The van der Waals surface area contributed by atoms with Crippen LogP contribution in [-0.4, -0.2) is 55.7 Å². The molecule has 3 aromatic rings. The Morgan fingerprint density at radius 3 is 2.45 bits per heavy atom. The van der Waals surface area contributed by atoms with E-state index >= 15 is 0 Å². The van der Waals surface area contributed by atoms with Crippen molar-refractivity contribution in [1.82, 2.24) is 15.5 Å². The van der Waals surface area contributed by atoms with E-state index in [4.69, 9.17) is 14.2 Å². The molecule has 40 heavy (non-hydrogen) atoms. The van der Waals surface area contributed by atoms with E-state index in [1.54, 1.807) is 36.4 Å². The number of amides is 3. The maximum Gasteiger partial charge on any atom is 0.251 e. The first kappa shape index (κ1) is 28.6. The zero-order chi connectivity index (χ0) is 28.3. The molecule has 0 aromatic heterocycles. The summed E-state index contributed by atoms with van der Waals surface area (Å²) in [5, 5.41) is 5.67. The van der Waals surface area contributed by atoms with E-state index in [0.29, 0.717) is 48.8 Å². The van der Waals surface area contributed by atoms with Gasteiger partial charge in [0.1, 0.15) is 6.04 Å². The fourth-order valence-corrected chi connectivity index (χ4v) is 4.36. The van der Waals surface area contributed by atoms with Crippen LogP contribution in [0, 0.1) is 6.92 Å². The van der Waals surface area contributed by atoms with Crippen LogP contribution in [0.5, 0.6) is 11.5 Å². The fourth-order valence-electron chi connectivity index (χ4n) is 4.36. The molecule has 1 aliphatic heterocycles.